The summed E-state index contributed by atoms with van der Waals surface area (Å²) in [5.41, 5.74) is 0. The van der Waals surface area contributed by atoms with E-state index in [0.717, 1.165) is 44.9 Å². The SMILES string of the molecule is C[N+](C)(C)C[C@@H](CC(=O)O)OC(=O)CCCCCCCCCC(=O)O. The predicted molar refractivity (Wildman–Crippen MR) is 94.2 cm³/mol. The average molecular weight is 360 g/mol. The smallest absolute Gasteiger partial charge is 0.307 e. The molecule has 0 aromatic rings. The van der Waals surface area contributed by atoms with E-state index in [2.05, 4.69) is 0 Å². The summed E-state index contributed by atoms with van der Waals surface area (Å²) in [6.45, 7) is 0.467. The number of rotatable bonds is 15. The molecular weight excluding hydrogens is 326 g/mol. The van der Waals surface area contributed by atoms with E-state index >= 15 is 0 Å². The summed E-state index contributed by atoms with van der Waals surface area (Å²) in [6.07, 6.45) is 6.15. The zero-order chi connectivity index (χ0) is 19.3. The number of hydrogen-bond acceptors (Lipinski definition) is 4. The van der Waals surface area contributed by atoms with E-state index in [1.807, 2.05) is 21.1 Å². The lowest BCUT2D eigenvalue weighted by molar-refractivity contribution is -0.873. The van der Waals surface area contributed by atoms with E-state index < -0.39 is 18.0 Å². The van der Waals surface area contributed by atoms with E-state index in [-0.39, 0.29) is 18.8 Å². The Bertz CT molecular complexity index is 416. The normalized spacial score (nSPS) is 12.6. The minimum atomic E-state index is -0.964. The molecule has 0 aliphatic carbocycles. The molecule has 2 N–H and O–H groups in total. The van der Waals surface area contributed by atoms with Gasteiger partial charge in [-0.15, -0.1) is 0 Å². The number of carbonyl (C=O) groups is 3. The number of quaternary nitrogens is 1. The van der Waals surface area contributed by atoms with Crippen LogP contribution >= 0.6 is 0 Å². The Hall–Kier alpha value is -1.63. The molecule has 0 unspecified atom stereocenters. The van der Waals surface area contributed by atoms with Gasteiger partial charge in [0, 0.05) is 12.8 Å². The van der Waals surface area contributed by atoms with Gasteiger partial charge in [0.2, 0.25) is 0 Å². The number of carboxylic acids is 2. The Balaban J connectivity index is 3.82. The van der Waals surface area contributed by atoms with Crippen molar-refractivity contribution in [2.45, 2.75) is 70.3 Å². The van der Waals surface area contributed by atoms with Gasteiger partial charge in [0.15, 0.2) is 6.10 Å². The van der Waals surface area contributed by atoms with Crippen LogP contribution in [0, 0.1) is 0 Å². The average Bonchev–Trinajstić information content (AvgIpc) is 2.42. The molecule has 0 aromatic carbocycles. The van der Waals surface area contributed by atoms with Gasteiger partial charge in [0.1, 0.15) is 6.54 Å². The monoisotopic (exact) mass is 360 g/mol. The van der Waals surface area contributed by atoms with Crippen molar-refractivity contribution in [3.63, 3.8) is 0 Å². The molecule has 0 heterocycles. The zero-order valence-corrected chi connectivity index (χ0v) is 15.8. The van der Waals surface area contributed by atoms with Crippen LogP contribution in [0.5, 0.6) is 0 Å². The molecular formula is C18H34NO6+. The van der Waals surface area contributed by atoms with Gasteiger partial charge in [-0.25, -0.2) is 0 Å². The number of hydrogen-bond donors (Lipinski definition) is 2. The van der Waals surface area contributed by atoms with Gasteiger partial charge in [-0.2, -0.15) is 0 Å². The number of ether oxygens (including phenoxy) is 1. The van der Waals surface area contributed by atoms with Gasteiger partial charge in [0.05, 0.1) is 27.6 Å². The van der Waals surface area contributed by atoms with Crippen molar-refractivity contribution >= 4 is 17.9 Å². The molecule has 0 aliphatic rings. The Morgan fingerprint density at radius 2 is 1.28 bits per heavy atom. The highest BCUT2D eigenvalue weighted by atomic mass is 16.5. The second-order valence-electron chi connectivity index (χ2n) is 7.55. The Morgan fingerprint density at radius 1 is 0.800 bits per heavy atom. The van der Waals surface area contributed by atoms with Gasteiger partial charge < -0.3 is 19.4 Å². The summed E-state index contributed by atoms with van der Waals surface area (Å²) in [6, 6.07) is 0. The number of aliphatic carboxylic acids is 2. The van der Waals surface area contributed by atoms with Crippen LogP contribution in [-0.4, -0.2) is 66.4 Å². The molecule has 25 heavy (non-hydrogen) atoms. The van der Waals surface area contributed by atoms with Gasteiger partial charge >= 0.3 is 17.9 Å². The molecule has 146 valence electrons. The van der Waals surface area contributed by atoms with Crippen LogP contribution < -0.4 is 0 Å². The molecule has 0 aliphatic heterocycles. The third-order valence-electron chi connectivity index (χ3n) is 3.72. The number of carboxylic acid groups (broad SMARTS) is 2. The molecule has 7 heteroatoms. The first-order valence-electron chi connectivity index (χ1n) is 9.03. The van der Waals surface area contributed by atoms with Gasteiger partial charge in [-0.1, -0.05) is 32.1 Å². The molecule has 0 bridgehead atoms. The highest BCUT2D eigenvalue weighted by molar-refractivity contribution is 5.71. The molecule has 0 saturated heterocycles. The van der Waals surface area contributed by atoms with Crippen LogP contribution in [-0.2, 0) is 19.1 Å². The Kier molecular flexibility index (Phi) is 11.9. The second-order valence-corrected chi connectivity index (χ2v) is 7.55. The first kappa shape index (κ1) is 23.4. The highest BCUT2D eigenvalue weighted by Crippen LogP contribution is 2.12. The van der Waals surface area contributed by atoms with Crippen LogP contribution in [0.2, 0.25) is 0 Å². The van der Waals surface area contributed by atoms with Crippen molar-refractivity contribution in [1.29, 1.82) is 0 Å². The predicted octanol–water partition coefficient (Wildman–Crippen LogP) is 2.67. The molecule has 0 aromatic heterocycles. The fourth-order valence-corrected chi connectivity index (χ4v) is 2.62. The quantitative estimate of drug-likeness (QED) is 0.264. The third-order valence-corrected chi connectivity index (χ3v) is 3.72. The minimum Gasteiger partial charge on any atom is -0.481 e. The Labute approximate surface area is 150 Å². The fourth-order valence-electron chi connectivity index (χ4n) is 2.62. The van der Waals surface area contributed by atoms with Gasteiger partial charge in [0.25, 0.3) is 0 Å². The van der Waals surface area contributed by atoms with E-state index in [4.69, 9.17) is 14.9 Å². The van der Waals surface area contributed by atoms with Crippen molar-refractivity contribution in [2.75, 3.05) is 27.7 Å². The summed E-state index contributed by atoms with van der Waals surface area (Å²) >= 11 is 0. The number of unbranched alkanes of at least 4 members (excludes halogenated alkanes) is 6. The van der Waals surface area contributed by atoms with Crippen LogP contribution in [0.3, 0.4) is 0 Å². The number of esters is 1. The van der Waals surface area contributed by atoms with Crippen LogP contribution in [0.15, 0.2) is 0 Å². The third kappa shape index (κ3) is 17.0. The first-order chi connectivity index (χ1) is 11.6. The van der Waals surface area contributed by atoms with Crippen molar-refractivity contribution < 1.29 is 33.8 Å². The van der Waals surface area contributed by atoms with Crippen LogP contribution in [0.4, 0.5) is 0 Å². The summed E-state index contributed by atoms with van der Waals surface area (Å²) in [4.78, 5) is 33.1. The van der Waals surface area contributed by atoms with Crippen LogP contribution in [0.25, 0.3) is 0 Å². The lowest BCUT2D eigenvalue weighted by Gasteiger charge is -2.28. The minimum absolute atomic E-state index is 0.169. The highest BCUT2D eigenvalue weighted by Gasteiger charge is 2.24. The molecule has 1 atom stereocenters. The van der Waals surface area contributed by atoms with Gasteiger partial charge in [-0.05, 0) is 12.8 Å². The molecule has 0 amide bonds. The molecule has 0 saturated carbocycles. The summed E-state index contributed by atoms with van der Waals surface area (Å²) < 4.78 is 5.86. The van der Waals surface area contributed by atoms with E-state index in [1.165, 1.54) is 0 Å². The standard InChI is InChI=1S/C18H33NO6/c1-19(2,3)14-15(13-17(22)23)25-18(24)12-10-8-6-4-5-7-9-11-16(20)21/h15H,4-14H2,1-3H3,(H-,20,21,22,23)/p+1/t15-/m1/s1. The maximum Gasteiger partial charge on any atom is 0.307 e. The topological polar surface area (TPSA) is 101 Å². The first-order valence-corrected chi connectivity index (χ1v) is 9.03. The lowest BCUT2D eigenvalue weighted by Crippen LogP contribution is -2.43. The van der Waals surface area contributed by atoms with E-state index in [9.17, 15) is 14.4 Å². The summed E-state index contributed by atoms with van der Waals surface area (Å²) in [5.74, 6) is -2.04. The second kappa shape index (κ2) is 12.7. The van der Waals surface area contributed by atoms with Crippen molar-refractivity contribution in [3.05, 3.63) is 0 Å². The molecule has 7 nitrogen and oxygen atoms in total. The Morgan fingerprint density at radius 3 is 1.72 bits per heavy atom. The van der Waals surface area contributed by atoms with Crippen molar-refractivity contribution in [1.82, 2.24) is 0 Å². The number of carbonyl (C=O) groups excluding carboxylic acids is 1. The van der Waals surface area contributed by atoms with E-state index in [1.54, 1.807) is 0 Å². The fraction of sp³-hybridized carbons (Fsp3) is 0.833. The van der Waals surface area contributed by atoms with Crippen LogP contribution in [0.1, 0.15) is 64.2 Å². The molecule has 0 spiro atoms. The number of nitrogens with zero attached hydrogens (tertiary/aromatic N) is 1. The largest absolute Gasteiger partial charge is 0.481 e. The maximum atomic E-state index is 11.9. The number of likely N-dealkylation sites (N-methyl/N-ethyl adjacent to an activating group) is 1. The molecule has 0 fully saturated rings. The summed E-state index contributed by atoms with van der Waals surface area (Å²) in [7, 11) is 5.79. The summed E-state index contributed by atoms with van der Waals surface area (Å²) in [5, 5.41) is 17.5. The van der Waals surface area contributed by atoms with Crippen molar-refractivity contribution in [3.8, 4) is 0 Å². The maximum absolute atomic E-state index is 11.9. The van der Waals surface area contributed by atoms with Crippen molar-refractivity contribution in [2.24, 2.45) is 0 Å². The lowest BCUT2D eigenvalue weighted by atomic mass is 10.1. The molecule has 0 rings (SSSR count). The van der Waals surface area contributed by atoms with Gasteiger partial charge in [-0.3, -0.25) is 14.4 Å². The molecule has 0 radical (unpaired) electrons. The zero-order valence-electron chi connectivity index (χ0n) is 15.8. The van der Waals surface area contributed by atoms with E-state index in [0.29, 0.717) is 17.4 Å².